The van der Waals surface area contributed by atoms with Gasteiger partial charge >= 0.3 is 6.03 Å². The minimum atomic E-state index is -0.137. The Morgan fingerprint density at radius 1 is 1.35 bits per heavy atom. The lowest BCUT2D eigenvalue weighted by molar-refractivity contribution is 0.248. The number of rotatable bonds is 2. The van der Waals surface area contributed by atoms with Gasteiger partial charge in [0.1, 0.15) is 0 Å². The van der Waals surface area contributed by atoms with Crippen LogP contribution in [0.25, 0.3) is 0 Å². The van der Waals surface area contributed by atoms with Gasteiger partial charge in [0.25, 0.3) is 0 Å². The van der Waals surface area contributed by atoms with Crippen molar-refractivity contribution in [2.45, 2.75) is 18.9 Å². The van der Waals surface area contributed by atoms with Crippen molar-refractivity contribution in [3.63, 3.8) is 0 Å². The summed E-state index contributed by atoms with van der Waals surface area (Å²) in [6.07, 6.45) is 2.25. The molecule has 5 heteroatoms. The van der Waals surface area contributed by atoms with E-state index in [1.165, 1.54) is 12.2 Å². The van der Waals surface area contributed by atoms with Crippen LogP contribution in [0.5, 0.6) is 0 Å². The largest absolute Gasteiger partial charge is 0.399 e. The minimum Gasteiger partial charge on any atom is -0.399 e. The molecule has 2 rings (SSSR count). The predicted octanol–water partition coefficient (Wildman–Crippen LogP) is 2.29. The quantitative estimate of drug-likeness (QED) is 0.706. The lowest BCUT2D eigenvalue weighted by Crippen LogP contribution is -2.40. The zero-order valence-corrected chi connectivity index (χ0v) is 10.4. The number of urea groups is 1. The average molecular weight is 251 g/mol. The number of carbonyl (C=O) groups excluding carboxylic acids is 1. The monoisotopic (exact) mass is 251 g/mol. The first-order valence-corrected chi connectivity index (χ1v) is 6.90. The van der Waals surface area contributed by atoms with Crippen LogP contribution in [0, 0.1) is 0 Å². The molecule has 1 aromatic rings. The van der Waals surface area contributed by atoms with Crippen LogP contribution in [-0.2, 0) is 0 Å². The van der Waals surface area contributed by atoms with E-state index in [9.17, 15) is 4.79 Å². The summed E-state index contributed by atoms with van der Waals surface area (Å²) in [6.45, 7) is 0. The van der Waals surface area contributed by atoms with Gasteiger partial charge in [0.05, 0.1) is 0 Å². The molecule has 0 radical (unpaired) electrons. The smallest absolute Gasteiger partial charge is 0.319 e. The number of carbonyl (C=O) groups is 1. The van der Waals surface area contributed by atoms with E-state index < -0.39 is 0 Å². The first-order chi connectivity index (χ1) is 8.24. The number of anilines is 2. The van der Waals surface area contributed by atoms with Gasteiger partial charge in [-0.3, -0.25) is 0 Å². The number of benzene rings is 1. The number of hydrogen-bond donors (Lipinski definition) is 3. The van der Waals surface area contributed by atoms with E-state index in [1.807, 2.05) is 11.8 Å². The van der Waals surface area contributed by atoms with Crippen molar-refractivity contribution in [2.75, 3.05) is 22.6 Å². The molecule has 1 fully saturated rings. The van der Waals surface area contributed by atoms with Gasteiger partial charge in [-0.05, 0) is 42.9 Å². The molecule has 1 aromatic carbocycles. The Bertz CT molecular complexity index is 374. The summed E-state index contributed by atoms with van der Waals surface area (Å²) in [4.78, 5) is 11.7. The Hall–Kier alpha value is -1.36. The van der Waals surface area contributed by atoms with E-state index in [4.69, 9.17) is 5.73 Å². The predicted molar refractivity (Wildman–Crippen MR) is 73.4 cm³/mol. The molecule has 1 aliphatic heterocycles. The number of nitrogens with two attached hydrogens (primary N) is 1. The van der Waals surface area contributed by atoms with Crippen LogP contribution in [0.4, 0.5) is 16.2 Å². The maximum atomic E-state index is 11.7. The van der Waals surface area contributed by atoms with Gasteiger partial charge in [0, 0.05) is 23.2 Å². The Balaban J connectivity index is 1.82. The van der Waals surface area contributed by atoms with Gasteiger partial charge in [-0.1, -0.05) is 0 Å². The SMILES string of the molecule is Nc1ccc(NC(=O)NC2CCCSC2)cc1. The fraction of sp³-hybridized carbons (Fsp3) is 0.417. The summed E-state index contributed by atoms with van der Waals surface area (Å²) in [6, 6.07) is 7.29. The van der Waals surface area contributed by atoms with Crippen molar-refractivity contribution in [1.29, 1.82) is 0 Å². The first kappa shape index (κ1) is 12.1. The molecule has 4 nitrogen and oxygen atoms in total. The van der Waals surface area contributed by atoms with Crippen LogP contribution in [0.1, 0.15) is 12.8 Å². The van der Waals surface area contributed by atoms with Gasteiger partial charge in [-0.2, -0.15) is 11.8 Å². The van der Waals surface area contributed by atoms with Crippen molar-refractivity contribution in [2.24, 2.45) is 0 Å². The van der Waals surface area contributed by atoms with Crippen LogP contribution in [0.15, 0.2) is 24.3 Å². The molecule has 4 N–H and O–H groups in total. The maximum absolute atomic E-state index is 11.7. The van der Waals surface area contributed by atoms with Crippen LogP contribution in [0.2, 0.25) is 0 Å². The lowest BCUT2D eigenvalue weighted by atomic mass is 10.2. The average Bonchev–Trinajstić information content (AvgIpc) is 2.33. The fourth-order valence-electron chi connectivity index (χ4n) is 1.77. The van der Waals surface area contributed by atoms with Crippen molar-refractivity contribution >= 4 is 29.2 Å². The molecule has 0 spiro atoms. The zero-order chi connectivity index (χ0) is 12.1. The van der Waals surface area contributed by atoms with Gasteiger partial charge in [0.2, 0.25) is 0 Å². The summed E-state index contributed by atoms with van der Waals surface area (Å²) < 4.78 is 0. The van der Waals surface area contributed by atoms with E-state index in [1.54, 1.807) is 24.3 Å². The molecule has 1 aliphatic rings. The molecular weight excluding hydrogens is 234 g/mol. The molecule has 1 unspecified atom stereocenters. The van der Waals surface area contributed by atoms with E-state index in [0.717, 1.165) is 17.9 Å². The molecule has 1 heterocycles. The summed E-state index contributed by atoms with van der Waals surface area (Å²) in [5.74, 6) is 2.22. The number of thioether (sulfide) groups is 1. The molecule has 17 heavy (non-hydrogen) atoms. The highest BCUT2D eigenvalue weighted by Crippen LogP contribution is 2.17. The molecule has 0 saturated carbocycles. The van der Waals surface area contributed by atoms with Gasteiger partial charge in [-0.25, -0.2) is 4.79 Å². The third-order valence-corrected chi connectivity index (χ3v) is 3.88. The van der Waals surface area contributed by atoms with Crippen LogP contribution in [-0.4, -0.2) is 23.6 Å². The van der Waals surface area contributed by atoms with Gasteiger partial charge in [0.15, 0.2) is 0 Å². The molecule has 0 aliphatic carbocycles. The maximum Gasteiger partial charge on any atom is 0.319 e. The molecule has 1 saturated heterocycles. The second kappa shape index (κ2) is 5.82. The summed E-state index contributed by atoms with van der Waals surface area (Å²) in [7, 11) is 0. The second-order valence-electron chi connectivity index (χ2n) is 4.13. The number of nitrogen functional groups attached to an aromatic ring is 1. The lowest BCUT2D eigenvalue weighted by Gasteiger charge is -2.22. The van der Waals surface area contributed by atoms with E-state index in [2.05, 4.69) is 10.6 Å². The van der Waals surface area contributed by atoms with Gasteiger partial charge < -0.3 is 16.4 Å². The molecule has 0 aromatic heterocycles. The number of amides is 2. The molecule has 0 bridgehead atoms. The molecular formula is C12H17N3OS. The fourth-order valence-corrected chi connectivity index (χ4v) is 2.85. The highest BCUT2D eigenvalue weighted by Gasteiger charge is 2.15. The Labute approximate surface area is 105 Å². The van der Waals surface area contributed by atoms with E-state index >= 15 is 0 Å². The summed E-state index contributed by atoms with van der Waals surface area (Å²) in [5.41, 5.74) is 7.03. The first-order valence-electron chi connectivity index (χ1n) is 5.75. The number of nitrogens with one attached hydrogen (secondary N) is 2. The van der Waals surface area contributed by atoms with E-state index in [0.29, 0.717) is 11.7 Å². The standard InChI is InChI=1S/C12H17N3OS/c13-9-3-5-10(6-4-9)14-12(16)15-11-2-1-7-17-8-11/h3-6,11H,1-2,7-8,13H2,(H2,14,15,16). The van der Waals surface area contributed by atoms with E-state index in [-0.39, 0.29) is 6.03 Å². The van der Waals surface area contributed by atoms with Crippen LogP contribution >= 0.6 is 11.8 Å². The molecule has 92 valence electrons. The van der Waals surface area contributed by atoms with Crippen LogP contribution in [0.3, 0.4) is 0 Å². The normalized spacial score (nSPS) is 19.6. The van der Waals surface area contributed by atoms with Crippen molar-refractivity contribution in [3.05, 3.63) is 24.3 Å². The third-order valence-electron chi connectivity index (χ3n) is 2.66. The number of hydrogen-bond acceptors (Lipinski definition) is 3. The Morgan fingerprint density at radius 3 is 2.76 bits per heavy atom. The van der Waals surface area contributed by atoms with Gasteiger partial charge in [-0.15, -0.1) is 0 Å². The van der Waals surface area contributed by atoms with Crippen LogP contribution < -0.4 is 16.4 Å². The topological polar surface area (TPSA) is 67.1 Å². The second-order valence-corrected chi connectivity index (χ2v) is 5.28. The summed E-state index contributed by atoms with van der Waals surface area (Å²) >= 11 is 1.89. The third kappa shape index (κ3) is 3.85. The zero-order valence-electron chi connectivity index (χ0n) is 9.61. The van der Waals surface area contributed by atoms with Crippen molar-refractivity contribution in [3.8, 4) is 0 Å². The van der Waals surface area contributed by atoms with Crippen molar-refractivity contribution < 1.29 is 4.79 Å². The minimum absolute atomic E-state index is 0.137. The molecule has 1 atom stereocenters. The summed E-state index contributed by atoms with van der Waals surface area (Å²) in [5, 5.41) is 5.78. The molecule has 2 amide bonds. The highest BCUT2D eigenvalue weighted by atomic mass is 32.2. The highest BCUT2D eigenvalue weighted by molar-refractivity contribution is 7.99. The Morgan fingerprint density at radius 2 is 2.12 bits per heavy atom. The Kier molecular flexibility index (Phi) is 4.14. The van der Waals surface area contributed by atoms with Crippen molar-refractivity contribution in [1.82, 2.24) is 5.32 Å².